The average Bonchev–Trinajstić information content (AvgIpc) is 2.56. The monoisotopic (exact) mass is 383 g/mol. The predicted octanol–water partition coefficient (Wildman–Crippen LogP) is 3.02. The molecule has 0 amide bonds. The van der Waals surface area contributed by atoms with Crippen LogP contribution in [0.5, 0.6) is 5.75 Å². The van der Waals surface area contributed by atoms with Crippen molar-refractivity contribution in [1.82, 2.24) is 4.31 Å². The number of halogens is 1. The molecule has 0 spiro atoms. The Hall–Kier alpha value is -1.60. The highest BCUT2D eigenvalue weighted by molar-refractivity contribution is 7.89. The summed E-state index contributed by atoms with van der Waals surface area (Å²) in [6.45, 7) is 3.66. The maximum Gasteiger partial charge on any atom is 0.242 e. The van der Waals surface area contributed by atoms with E-state index in [1.165, 1.54) is 7.05 Å². The number of aryl methyl sites for hydroxylation is 2. The van der Waals surface area contributed by atoms with Crippen molar-refractivity contribution in [3.63, 3.8) is 0 Å². The normalized spacial score (nSPS) is 13.0. The van der Waals surface area contributed by atoms with Gasteiger partial charge in [0.25, 0.3) is 0 Å². The first-order valence-electron chi connectivity index (χ1n) is 7.80. The largest absolute Gasteiger partial charge is 0.491 e. The van der Waals surface area contributed by atoms with Crippen LogP contribution >= 0.6 is 11.6 Å². The molecule has 136 valence electrons. The molecule has 0 fully saturated rings. The zero-order valence-electron chi connectivity index (χ0n) is 14.4. The van der Waals surface area contributed by atoms with Crippen LogP contribution < -0.4 is 4.74 Å². The van der Waals surface area contributed by atoms with E-state index in [0.717, 1.165) is 15.4 Å². The first-order chi connectivity index (χ1) is 11.7. The van der Waals surface area contributed by atoms with Crippen molar-refractivity contribution in [3.05, 3.63) is 58.6 Å². The average molecular weight is 384 g/mol. The molecule has 7 heteroatoms. The predicted molar refractivity (Wildman–Crippen MR) is 98.7 cm³/mol. The van der Waals surface area contributed by atoms with Crippen molar-refractivity contribution in [3.8, 4) is 5.75 Å². The van der Waals surface area contributed by atoms with Crippen molar-refractivity contribution >= 4 is 21.6 Å². The van der Waals surface area contributed by atoms with E-state index in [-0.39, 0.29) is 18.0 Å². The molecule has 2 aromatic carbocycles. The summed E-state index contributed by atoms with van der Waals surface area (Å²) in [5, 5.41) is 10.7. The minimum absolute atomic E-state index is 0.0190. The lowest BCUT2D eigenvalue weighted by atomic mass is 10.2. The number of aliphatic hydroxyl groups excluding tert-OH is 1. The van der Waals surface area contributed by atoms with Crippen molar-refractivity contribution in [1.29, 1.82) is 0 Å². The number of benzene rings is 2. The number of likely N-dealkylation sites (N-methyl/N-ethyl adjacent to an activating group) is 1. The highest BCUT2D eigenvalue weighted by Gasteiger charge is 2.23. The van der Waals surface area contributed by atoms with Crippen LogP contribution in [0.3, 0.4) is 0 Å². The summed E-state index contributed by atoms with van der Waals surface area (Å²) in [5.41, 5.74) is 1.85. The number of rotatable bonds is 7. The Kier molecular flexibility index (Phi) is 6.46. The molecule has 0 heterocycles. The second-order valence-electron chi connectivity index (χ2n) is 5.97. The molecule has 0 aromatic heterocycles. The van der Waals surface area contributed by atoms with Crippen molar-refractivity contribution in [2.24, 2.45) is 0 Å². The molecule has 25 heavy (non-hydrogen) atoms. The first kappa shape index (κ1) is 19.7. The summed E-state index contributed by atoms with van der Waals surface area (Å²) >= 11 is 5.95. The van der Waals surface area contributed by atoms with Gasteiger partial charge in [-0.05, 0) is 49.7 Å². The highest BCUT2D eigenvalue weighted by Crippen LogP contribution is 2.21. The molecule has 5 nitrogen and oxygen atoms in total. The van der Waals surface area contributed by atoms with Gasteiger partial charge in [0.05, 0.1) is 4.90 Å². The van der Waals surface area contributed by atoms with Gasteiger partial charge in [-0.25, -0.2) is 8.42 Å². The van der Waals surface area contributed by atoms with E-state index < -0.39 is 16.1 Å². The second kappa shape index (κ2) is 8.19. The number of nitrogens with zero attached hydrogens (tertiary/aromatic N) is 1. The smallest absolute Gasteiger partial charge is 0.242 e. The Morgan fingerprint density at radius 3 is 2.40 bits per heavy atom. The molecule has 0 aliphatic carbocycles. The van der Waals surface area contributed by atoms with Crippen LogP contribution in [0.15, 0.2) is 47.4 Å². The fraction of sp³-hybridized carbons (Fsp3) is 0.333. The van der Waals surface area contributed by atoms with E-state index in [2.05, 4.69) is 0 Å². The Bertz CT molecular complexity index is 821. The standard InChI is InChI=1S/C18H22ClNO4S/c1-13-4-7-17(8-5-13)25(22,23)20(3)11-15(21)12-24-16-6-9-18(19)14(2)10-16/h4-10,15,21H,11-12H2,1-3H3/t15-/m1/s1. The van der Waals surface area contributed by atoms with Gasteiger partial charge in [-0.1, -0.05) is 29.3 Å². The molecule has 0 saturated carbocycles. The van der Waals surface area contributed by atoms with E-state index in [1.807, 2.05) is 13.8 Å². The Morgan fingerprint density at radius 2 is 1.80 bits per heavy atom. The third-order valence-electron chi connectivity index (χ3n) is 3.77. The summed E-state index contributed by atoms with van der Waals surface area (Å²) in [4.78, 5) is 0.196. The zero-order chi connectivity index (χ0) is 18.6. The van der Waals surface area contributed by atoms with Crippen LogP contribution in [-0.2, 0) is 10.0 Å². The van der Waals surface area contributed by atoms with Crippen molar-refractivity contribution in [2.75, 3.05) is 20.2 Å². The van der Waals surface area contributed by atoms with Crippen LogP contribution in [-0.4, -0.2) is 44.1 Å². The number of hydrogen-bond donors (Lipinski definition) is 1. The minimum Gasteiger partial charge on any atom is -0.491 e. The Balaban J connectivity index is 1.95. The van der Waals surface area contributed by atoms with Gasteiger partial charge in [0.1, 0.15) is 18.5 Å². The summed E-state index contributed by atoms with van der Waals surface area (Å²) in [6, 6.07) is 11.8. The van der Waals surface area contributed by atoms with E-state index in [0.29, 0.717) is 10.8 Å². The summed E-state index contributed by atoms with van der Waals surface area (Å²) in [6.07, 6.45) is -0.957. The molecular formula is C18H22ClNO4S. The quantitative estimate of drug-likeness (QED) is 0.798. The SMILES string of the molecule is Cc1ccc(S(=O)(=O)N(C)C[C@@H](O)COc2ccc(Cl)c(C)c2)cc1. The van der Waals surface area contributed by atoms with Gasteiger partial charge in [0.2, 0.25) is 10.0 Å². The van der Waals surface area contributed by atoms with Crippen molar-refractivity contribution in [2.45, 2.75) is 24.8 Å². The van der Waals surface area contributed by atoms with Gasteiger partial charge in [0, 0.05) is 18.6 Å². The van der Waals surface area contributed by atoms with E-state index >= 15 is 0 Å². The highest BCUT2D eigenvalue weighted by atomic mass is 35.5. The molecule has 0 aliphatic rings. The van der Waals surface area contributed by atoms with Gasteiger partial charge in [-0.3, -0.25) is 0 Å². The molecular weight excluding hydrogens is 362 g/mol. The lowest BCUT2D eigenvalue weighted by molar-refractivity contribution is 0.0935. The van der Waals surface area contributed by atoms with Gasteiger partial charge in [-0.15, -0.1) is 0 Å². The lowest BCUT2D eigenvalue weighted by Gasteiger charge is -2.21. The number of sulfonamides is 1. The maximum absolute atomic E-state index is 12.5. The topological polar surface area (TPSA) is 66.8 Å². The zero-order valence-corrected chi connectivity index (χ0v) is 16.0. The molecule has 1 atom stereocenters. The molecule has 0 aliphatic heterocycles. The fourth-order valence-corrected chi connectivity index (χ4v) is 3.56. The summed E-state index contributed by atoms with van der Waals surface area (Å²) in [5.74, 6) is 0.574. The van der Waals surface area contributed by atoms with Crippen molar-refractivity contribution < 1.29 is 18.3 Å². The molecule has 1 N–H and O–H groups in total. The van der Waals surface area contributed by atoms with Crippen LogP contribution in [0, 0.1) is 13.8 Å². The number of hydrogen-bond acceptors (Lipinski definition) is 4. The van der Waals surface area contributed by atoms with E-state index in [4.69, 9.17) is 16.3 Å². The van der Waals surface area contributed by atoms with Crippen LogP contribution in [0.2, 0.25) is 5.02 Å². The number of ether oxygens (including phenoxy) is 1. The second-order valence-corrected chi connectivity index (χ2v) is 8.43. The van der Waals surface area contributed by atoms with Gasteiger partial charge < -0.3 is 9.84 Å². The molecule has 0 saturated heterocycles. The van der Waals surface area contributed by atoms with Gasteiger partial charge in [-0.2, -0.15) is 4.31 Å². The van der Waals surface area contributed by atoms with Gasteiger partial charge in [0.15, 0.2) is 0 Å². The van der Waals surface area contributed by atoms with E-state index in [1.54, 1.807) is 42.5 Å². The Morgan fingerprint density at radius 1 is 1.16 bits per heavy atom. The number of aliphatic hydroxyl groups is 1. The molecule has 2 rings (SSSR count). The van der Waals surface area contributed by atoms with Crippen LogP contribution in [0.25, 0.3) is 0 Å². The fourth-order valence-electron chi connectivity index (χ4n) is 2.24. The molecule has 0 bridgehead atoms. The molecule has 2 aromatic rings. The Labute approximate surface area is 153 Å². The van der Waals surface area contributed by atoms with Crippen LogP contribution in [0.4, 0.5) is 0 Å². The third kappa shape index (κ3) is 5.19. The maximum atomic E-state index is 12.5. The first-order valence-corrected chi connectivity index (χ1v) is 9.62. The molecule has 0 unspecified atom stereocenters. The summed E-state index contributed by atoms with van der Waals surface area (Å²) in [7, 11) is -2.21. The molecule has 0 radical (unpaired) electrons. The lowest BCUT2D eigenvalue weighted by Crippen LogP contribution is -2.37. The third-order valence-corrected chi connectivity index (χ3v) is 6.03. The van der Waals surface area contributed by atoms with Crippen LogP contribution in [0.1, 0.15) is 11.1 Å². The van der Waals surface area contributed by atoms with Gasteiger partial charge >= 0.3 is 0 Å². The summed E-state index contributed by atoms with van der Waals surface area (Å²) < 4.78 is 31.6. The van der Waals surface area contributed by atoms with E-state index in [9.17, 15) is 13.5 Å². The minimum atomic E-state index is -3.65.